The highest BCUT2D eigenvalue weighted by Gasteiger charge is 2.14. The number of aliphatic hydroxyl groups excluding tert-OH is 1. The molecule has 0 fully saturated rings. The van der Waals surface area contributed by atoms with Gasteiger partial charge in [0.1, 0.15) is 6.10 Å². The molecule has 2 aromatic carbocycles. The molecule has 0 saturated carbocycles. The highest BCUT2D eigenvalue weighted by Crippen LogP contribution is 2.25. The van der Waals surface area contributed by atoms with Crippen LogP contribution in [0.5, 0.6) is 0 Å². The van der Waals surface area contributed by atoms with Crippen LogP contribution in [0.25, 0.3) is 0 Å². The molecule has 18 heavy (non-hydrogen) atoms. The maximum Gasteiger partial charge on any atom is 0.108 e. The zero-order chi connectivity index (χ0) is 12.8. The third-order valence-electron chi connectivity index (χ3n) is 2.71. The van der Waals surface area contributed by atoms with Gasteiger partial charge < -0.3 is 9.84 Å². The third kappa shape index (κ3) is 3.42. The molecule has 0 aliphatic rings. The Morgan fingerprint density at radius 2 is 1.33 bits per heavy atom. The summed E-state index contributed by atoms with van der Waals surface area (Å²) in [5, 5.41) is 9.37. The molecule has 0 bridgehead atoms. The number of hydrogen-bond donors (Lipinski definition) is 1. The molecule has 0 unspecified atom stereocenters. The standard InChI is InChI=1S/C16H18O2/c1-13(17)12-18-16(14-8-4-2-5-9-14)15-10-6-3-7-11-15/h2-11,13,16-17H,12H2,1H3/t13-/m1/s1. The molecular weight excluding hydrogens is 224 g/mol. The van der Waals surface area contributed by atoms with Gasteiger partial charge in [0, 0.05) is 0 Å². The van der Waals surface area contributed by atoms with Gasteiger partial charge in [-0.2, -0.15) is 0 Å². The predicted octanol–water partition coefficient (Wildman–Crippen LogP) is 3.17. The number of ether oxygens (including phenoxy) is 1. The van der Waals surface area contributed by atoms with E-state index in [2.05, 4.69) is 0 Å². The van der Waals surface area contributed by atoms with Crippen molar-refractivity contribution in [3.05, 3.63) is 71.8 Å². The Labute approximate surface area is 108 Å². The van der Waals surface area contributed by atoms with Crippen LogP contribution in [0.15, 0.2) is 60.7 Å². The number of rotatable bonds is 5. The van der Waals surface area contributed by atoms with Crippen LogP contribution < -0.4 is 0 Å². The van der Waals surface area contributed by atoms with Crippen LogP contribution in [0.1, 0.15) is 24.2 Å². The van der Waals surface area contributed by atoms with Crippen LogP contribution in [0.2, 0.25) is 0 Å². The maximum atomic E-state index is 9.37. The molecule has 2 nitrogen and oxygen atoms in total. The Kier molecular flexibility index (Phi) is 4.51. The minimum Gasteiger partial charge on any atom is -0.391 e. The fourth-order valence-electron chi connectivity index (χ4n) is 1.88. The zero-order valence-corrected chi connectivity index (χ0v) is 10.5. The van der Waals surface area contributed by atoms with E-state index in [-0.39, 0.29) is 6.10 Å². The molecule has 0 radical (unpaired) electrons. The van der Waals surface area contributed by atoms with Crippen molar-refractivity contribution in [3.8, 4) is 0 Å². The molecular formula is C16H18O2. The van der Waals surface area contributed by atoms with E-state index in [1.54, 1.807) is 6.92 Å². The first kappa shape index (κ1) is 12.8. The van der Waals surface area contributed by atoms with Gasteiger partial charge in [-0.25, -0.2) is 0 Å². The van der Waals surface area contributed by atoms with Crippen molar-refractivity contribution in [2.45, 2.75) is 19.1 Å². The first-order chi connectivity index (χ1) is 8.77. The van der Waals surface area contributed by atoms with Crippen molar-refractivity contribution in [3.63, 3.8) is 0 Å². The highest BCUT2D eigenvalue weighted by atomic mass is 16.5. The van der Waals surface area contributed by atoms with Gasteiger partial charge in [0.25, 0.3) is 0 Å². The molecule has 0 aliphatic heterocycles. The Balaban J connectivity index is 2.24. The first-order valence-corrected chi connectivity index (χ1v) is 6.17. The molecule has 0 aromatic heterocycles. The van der Waals surface area contributed by atoms with E-state index in [9.17, 15) is 5.11 Å². The van der Waals surface area contributed by atoms with Crippen molar-refractivity contribution >= 4 is 0 Å². The van der Waals surface area contributed by atoms with E-state index in [0.717, 1.165) is 11.1 Å². The molecule has 2 heteroatoms. The largest absolute Gasteiger partial charge is 0.391 e. The highest BCUT2D eigenvalue weighted by molar-refractivity contribution is 5.29. The molecule has 0 saturated heterocycles. The summed E-state index contributed by atoms with van der Waals surface area (Å²) in [6.45, 7) is 2.06. The minimum atomic E-state index is -0.458. The third-order valence-corrected chi connectivity index (χ3v) is 2.71. The molecule has 2 rings (SSSR count). The van der Waals surface area contributed by atoms with E-state index in [1.165, 1.54) is 0 Å². The van der Waals surface area contributed by atoms with Gasteiger partial charge in [0.2, 0.25) is 0 Å². The lowest BCUT2D eigenvalue weighted by molar-refractivity contribution is 0.0137. The first-order valence-electron chi connectivity index (χ1n) is 6.17. The molecule has 94 valence electrons. The van der Waals surface area contributed by atoms with Gasteiger partial charge in [-0.15, -0.1) is 0 Å². The molecule has 1 atom stereocenters. The Bertz CT molecular complexity index is 412. The van der Waals surface area contributed by atoms with Crippen LogP contribution in [0.3, 0.4) is 0 Å². The van der Waals surface area contributed by atoms with Gasteiger partial charge in [0.15, 0.2) is 0 Å². The van der Waals surface area contributed by atoms with Crippen LogP contribution in [-0.4, -0.2) is 17.8 Å². The van der Waals surface area contributed by atoms with E-state index in [4.69, 9.17) is 4.74 Å². The van der Waals surface area contributed by atoms with Gasteiger partial charge in [-0.3, -0.25) is 0 Å². The van der Waals surface area contributed by atoms with Gasteiger partial charge in [0.05, 0.1) is 12.7 Å². The molecule has 0 heterocycles. The van der Waals surface area contributed by atoms with Crippen molar-refractivity contribution in [2.24, 2.45) is 0 Å². The van der Waals surface area contributed by atoms with Gasteiger partial charge in [-0.05, 0) is 18.1 Å². The summed E-state index contributed by atoms with van der Waals surface area (Å²) < 4.78 is 5.83. The van der Waals surface area contributed by atoms with Crippen molar-refractivity contribution in [2.75, 3.05) is 6.61 Å². The van der Waals surface area contributed by atoms with Crippen LogP contribution in [-0.2, 0) is 4.74 Å². The van der Waals surface area contributed by atoms with Crippen LogP contribution in [0, 0.1) is 0 Å². The normalized spacial score (nSPS) is 12.6. The quantitative estimate of drug-likeness (QED) is 0.872. The van der Waals surface area contributed by atoms with Crippen molar-refractivity contribution in [1.82, 2.24) is 0 Å². The van der Waals surface area contributed by atoms with E-state index in [0.29, 0.717) is 6.61 Å². The monoisotopic (exact) mass is 242 g/mol. The Hall–Kier alpha value is -1.64. The SMILES string of the molecule is C[C@@H](O)COC(c1ccccc1)c1ccccc1. The predicted molar refractivity (Wildman–Crippen MR) is 72.4 cm³/mol. The summed E-state index contributed by atoms with van der Waals surface area (Å²) in [5.74, 6) is 0. The second-order valence-electron chi connectivity index (χ2n) is 4.38. The molecule has 0 aliphatic carbocycles. The summed E-state index contributed by atoms with van der Waals surface area (Å²) in [6, 6.07) is 20.1. The fraction of sp³-hybridized carbons (Fsp3) is 0.250. The topological polar surface area (TPSA) is 29.5 Å². The summed E-state index contributed by atoms with van der Waals surface area (Å²) in [6.07, 6.45) is -0.582. The van der Waals surface area contributed by atoms with Gasteiger partial charge in [-0.1, -0.05) is 60.7 Å². The molecule has 0 amide bonds. The smallest absolute Gasteiger partial charge is 0.108 e. The molecule has 1 N–H and O–H groups in total. The maximum absolute atomic E-state index is 9.37. The van der Waals surface area contributed by atoms with E-state index < -0.39 is 6.10 Å². The number of aliphatic hydroxyl groups is 1. The lowest BCUT2D eigenvalue weighted by Gasteiger charge is -2.19. The summed E-state index contributed by atoms with van der Waals surface area (Å²) in [5.41, 5.74) is 2.20. The lowest BCUT2D eigenvalue weighted by Crippen LogP contribution is -2.15. The second kappa shape index (κ2) is 6.34. The van der Waals surface area contributed by atoms with Gasteiger partial charge >= 0.3 is 0 Å². The van der Waals surface area contributed by atoms with E-state index in [1.807, 2.05) is 60.7 Å². The average molecular weight is 242 g/mol. The van der Waals surface area contributed by atoms with E-state index >= 15 is 0 Å². The second-order valence-corrected chi connectivity index (χ2v) is 4.38. The summed E-state index contributed by atoms with van der Waals surface area (Å²) >= 11 is 0. The van der Waals surface area contributed by atoms with Crippen LogP contribution in [0.4, 0.5) is 0 Å². The summed E-state index contributed by atoms with van der Waals surface area (Å²) in [4.78, 5) is 0. The Morgan fingerprint density at radius 3 is 1.72 bits per heavy atom. The molecule has 0 spiro atoms. The lowest BCUT2D eigenvalue weighted by atomic mass is 10.0. The Morgan fingerprint density at radius 1 is 0.889 bits per heavy atom. The minimum absolute atomic E-state index is 0.123. The average Bonchev–Trinajstić information content (AvgIpc) is 2.41. The fourth-order valence-corrected chi connectivity index (χ4v) is 1.88. The number of benzene rings is 2. The number of hydrogen-bond acceptors (Lipinski definition) is 2. The molecule has 2 aromatic rings. The summed E-state index contributed by atoms with van der Waals surface area (Å²) in [7, 11) is 0. The zero-order valence-electron chi connectivity index (χ0n) is 10.5. The van der Waals surface area contributed by atoms with Crippen LogP contribution >= 0.6 is 0 Å². The van der Waals surface area contributed by atoms with Crippen molar-refractivity contribution < 1.29 is 9.84 Å². The van der Waals surface area contributed by atoms with Crippen molar-refractivity contribution in [1.29, 1.82) is 0 Å².